The van der Waals surface area contributed by atoms with Gasteiger partial charge in [-0.3, -0.25) is 0 Å². The Kier molecular flexibility index (Phi) is 7.19. The SMILES string of the molecule is CC.CC=C(C)SC1CC2NC(C)SC2CC1C. The number of thioether (sulfide) groups is 2. The predicted octanol–water partition coefficient (Wildman–Crippen LogP) is 4.89. The number of hydrogen-bond acceptors (Lipinski definition) is 3. The van der Waals surface area contributed by atoms with Gasteiger partial charge in [0.15, 0.2) is 0 Å². The van der Waals surface area contributed by atoms with Crippen molar-refractivity contribution in [2.24, 2.45) is 5.92 Å². The maximum absolute atomic E-state index is 3.73. The van der Waals surface area contributed by atoms with E-state index in [1.54, 1.807) is 0 Å². The summed E-state index contributed by atoms with van der Waals surface area (Å²) in [5, 5.41) is 6.07. The third-order valence-corrected chi connectivity index (χ3v) is 6.73. The van der Waals surface area contributed by atoms with Gasteiger partial charge >= 0.3 is 0 Å². The molecule has 5 atom stereocenters. The van der Waals surface area contributed by atoms with Gasteiger partial charge in [-0.1, -0.05) is 26.8 Å². The largest absolute Gasteiger partial charge is 0.302 e. The van der Waals surface area contributed by atoms with Crippen LogP contribution in [0.3, 0.4) is 0 Å². The topological polar surface area (TPSA) is 12.0 Å². The average Bonchev–Trinajstić information content (AvgIpc) is 2.71. The van der Waals surface area contributed by atoms with Crippen LogP contribution in [-0.4, -0.2) is 21.9 Å². The minimum atomic E-state index is 0.661. The highest BCUT2D eigenvalue weighted by Gasteiger charge is 2.40. The summed E-state index contributed by atoms with van der Waals surface area (Å²) >= 11 is 4.24. The Labute approximate surface area is 122 Å². The van der Waals surface area contributed by atoms with Crippen molar-refractivity contribution in [1.82, 2.24) is 5.32 Å². The molecule has 1 saturated carbocycles. The molecule has 2 fully saturated rings. The zero-order chi connectivity index (χ0) is 13.7. The van der Waals surface area contributed by atoms with Crippen molar-refractivity contribution in [3.63, 3.8) is 0 Å². The monoisotopic (exact) mass is 287 g/mol. The predicted molar refractivity (Wildman–Crippen MR) is 88.3 cm³/mol. The fraction of sp³-hybridized carbons (Fsp3) is 0.867. The molecule has 1 aliphatic carbocycles. The van der Waals surface area contributed by atoms with Crippen LogP contribution in [0.1, 0.15) is 54.4 Å². The molecular formula is C15H29NS2. The third kappa shape index (κ3) is 4.21. The zero-order valence-electron chi connectivity index (χ0n) is 12.7. The van der Waals surface area contributed by atoms with E-state index in [1.165, 1.54) is 17.7 Å². The standard InChI is InChI=1S/C13H23NS2.C2H6/c1-5-9(3)15-12-7-11-13(6-8(12)2)16-10(4)14-11;1-2/h5,8,10-14H,6-7H2,1-4H3;1-2H3. The molecule has 0 aromatic heterocycles. The lowest BCUT2D eigenvalue weighted by Gasteiger charge is -2.35. The molecule has 3 heteroatoms. The first-order chi connectivity index (χ1) is 8.60. The fourth-order valence-electron chi connectivity index (χ4n) is 2.72. The summed E-state index contributed by atoms with van der Waals surface area (Å²) in [4.78, 5) is 1.48. The van der Waals surface area contributed by atoms with Crippen molar-refractivity contribution in [3.8, 4) is 0 Å². The lowest BCUT2D eigenvalue weighted by Crippen LogP contribution is -2.42. The van der Waals surface area contributed by atoms with Gasteiger partial charge in [-0.2, -0.15) is 0 Å². The summed E-state index contributed by atoms with van der Waals surface area (Å²) in [5.41, 5.74) is 0. The van der Waals surface area contributed by atoms with Crippen LogP contribution >= 0.6 is 23.5 Å². The number of hydrogen-bond donors (Lipinski definition) is 1. The summed E-state index contributed by atoms with van der Waals surface area (Å²) in [6, 6.07) is 0.762. The lowest BCUT2D eigenvalue weighted by molar-refractivity contribution is 0.342. The van der Waals surface area contributed by atoms with Crippen LogP contribution in [0.4, 0.5) is 0 Å². The van der Waals surface area contributed by atoms with E-state index in [4.69, 9.17) is 0 Å². The molecule has 1 saturated heterocycles. The van der Waals surface area contributed by atoms with E-state index in [0.29, 0.717) is 5.37 Å². The maximum Gasteiger partial charge on any atom is 0.0509 e. The van der Waals surface area contributed by atoms with E-state index >= 15 is 0 Å². The van der Waals surface area contributed by atoms with Gasteiger partial charge in [0.1, 0.15) is 0 Å². The van der Waals surface area contributed by atoms with E-state index in [1.807, 2.05) is 13.8 Å². The summed E-state index contributed by atoms with van der Waals surface area (Å²) < 4.78 is 0. The number of allylic oxidation sites excluding steroid dienone is 2. The smallest absolute Gasteiger partial charge is 0.0509 e. The molecule has 106 valence electrons. The highest BCUT2D eigenvalue weighted by atomic mass is 32.2. The van der Waals surface area contributed by atoms with E-state index < -0.39 is 0 Å². The van der Waals surface area contributed by atoms with E-state index in [0.717, 1.165) is 22.5 Å². The molecular weight excluding hydrogens is 258 g/mol. The highest BCUT2D eigenvalue weighted by Crippen LogP contribution is 2.44. The number of rotatable bonds is 2. The molecule has 1 nitrogen and oxygen atoms in total. The van der Waals surface area contributed by atoms with Crippen molar-refractivity contribution >= 4 is 23.5 Å². The molecule has 1 aliphatic heterocycles. The fourth-order valence-corrected chi connectivity index (χ4v) is 5.55. The summed E-state index contributed by atoms with van der Waals surface area (Å²) in [7, 11) is 0. The Bertz CT molecular complexity index is 278. The van der Waals surface area contributed by atoms with Crippen LogP contribution < -0.4 is 5.32 Å². The minimum absolute atomic E-state index is 0.661. The quantitative estimate of drug-likeness (QED) is 0.777. The van der Waals surface area contributed by atoms with Crippen molar-refractivity contribution in [2.75, 3.05) is 0 Å². The van der Waals surface area contributed by atoms with Gasteiger partial charge in [0.05, 0.1) is 5.37 Å². The Morgan fingerprint density at radius 3 is 2.56 bits per heavy atom. The van der Waals surface area contributed by atoms with Gasteiger partial charge < -0.3 is 5.32 Å². The summed E-state index contributed by atoms with van der Waals surface area (Å²) in [6.07, 6.45) is 4.98. The second-order valence-electron chi connectivity index (χ2n) is 5.09. The van der Waals surface area contributed by atoms with Gasteiger partial charge in [-0.25, -0.2) is 0 Å². The Morgan fingerprint density at radius 2 is 1.94 bits per heavy atom. The molecule has 0 amide bonds. The first-order valence-corrected chi connectivity index (χ1v) is 9.13. The van der Waals surface area contributed by atoms with Gasteiger partial charge in [0, 0.05) is 16.5 Å². The molecule has 2 aliphatic rings. The van der Waals surface area contributed by atoms with Crippen molar-refractivity contribution < 1.29 is 0 Å². The van der Waals surface area contributed by atoms with Gasteiger partial charge in [-0.05, 0) is 44.4 Å². The molecule has 5 unspecified atom stereocenters. The molecule has 0 radical (unpaired) electrons. The van der Waals surface area contributed by atoms with Crippen LogP contribution in [0.5, 0.6) is 0 Å². The normalized spacial score (nSPS) is 39.9. The second kappa shape index (κ2) is 7.86. The molecule has 0 aromatic rings. The van der Waals surface area contributed by atoms with Gasteiger partial charge in [0.2, 0.25) is 0 Å². The van der Waals surface area contributed by atoms with Gasteiger partial charge in [0.25, 0.3) is 0 Å². The molecule has 2 rings (SSSR count). The van der Waals surface area contributed by atoms with Crippen molar-refractivity contribution in [1.29, 1.82) is 0 Å². The van der Waals surface area contributed by atoms with Gasteiger partial charge in [-0.15, -0.1) is 23.5 Å². The highest BCUT2D eigenvalue weighted by molar-refractivity contribution is 8.03. The minimum Gasteiger partial charge on any atom is -0.302 e. The van der Waals surface area contributed by atoms with E-state index in [2.05, 4.69) is 62.6 Å². The molecule has 1 heterocycles. The van der Waals surface area contributed by atoms with Crippen LogP contribution in [0.15, 0.2) is 11.0 Å². The summed E-state index contributed by atoms with van der Waals surface area (Å²) in [6.45, 7) is 13.1. The Hall–Kier alpha value is 0.400. The molecule has 18 heavy (non-hydrogen) atoms. The lowest BCUT2D eigenvalue weighted by atomic mass is 9.86. The second-order valence-corrected chi connectivity index (χ2v) is 8.16. The van der Waals surface area contributed by atoms with Crippen molar-refractivity contribution in [2.45, 2.75) is 76.3 Å². The molecule has 0 aromatic carbocycles. The van der Waals surface area contributed by atoms with Crippen LogP contribution in [0.2, 0.25) is 0 Å². The maximum atomic E-state index is 3.73. The first-order valence-electron chi connectivity index (χ1n) is 7.31. The van der Waals surface area contributed by atoms with Crippen LogP contribution in [0.25, 0.3) is 0 Å². The number of nitrogens with one attached hydrogen (secondary N) is 1. The Morgan fingerprint density at radius 1 is 1.28 bits per heavy atom. The Balaban J connectivity index is 0.000000771. The summed E-state index contributed by atoms with van der Waals surface area (Å²) in [5.74, 6) is 0.862. The number of fused-ring (bicyclic) bond motifs is 1. The average molecular weight is 288 g/mol. The van der Waals surface area contributed by atoms with Crippen LogP contribution in [0, 0.1) is 5.92 Å². The van der Waals surface area contributed by atoms with Crippen molar-refractivity contribution in [3.05, 3.63) is 11.0 Å². The van der Waals surface area contributed by atoms with Crippen LogP contribution in [-0.2, 0) is 0 Å². The van der Waals surface area contributed by atoms with E-state index in [9.17, 15) is 0 Å². The molecule has 0 spiro atoms. The molecule has 0 bridgehead atoms. The molecule has 1 N–H and O–H groups in total. The first kappa shape index (κ1) is 16.5. The third-order valence-electron chi connectivity index (χ3n) is 3.75. The zero-order valence-corrected chi connectivity index (χ0v) is 14.3. The van der Waals surface area contributed by atoms with E-state index in [-0.39, 0.29) is 0 Å².